The van der Waals surface area contributed by atoms with Crippen LogP contribution in [0.4, 0.5) is 0 Å². The summed E-state index contributed by atoms with van der Waals surface area (Å²) in [7, 11) is -3.52. The second kappa shape index (κ2) is 6.45. The third kappa shape index (κ3) is 3.48. The van der Waals surface area contributed by atoms with Crippen LogP contribution in [-0.2, 0) is 9.84 Å². The molecule has 2 heterocycles. The van der Waals surface area contributed by atoms with Crippen molar-refractivity contribution in [2.24, 2.45) is 10.1 Å². The minimum Gasteiger partial charge on any atom is -0.308 e. The third-order valence-electron chi connectivity index (χ3n) is 3.73. The summed E-state index contributed by atoms with van der Waals surface area (Å²) in [6.45, 7) is 2.71. The number of hydrogen-bond donors (Lipinski definition) is 1. The number of thioether (sulfide) groups is 1. The lowest BCUT2D eigenvalue weighted by Gasteiger charge is -2.12. The van der Waals surface area contributed by atoms with E-state index < -0.39 is 15.1 Å². The minimum atomic E-state index is -3.52. The lowest BCUT2D eigenvalue weighted by molar-refractivity contribution is 0.106. The molecular weight excluding hydrogens is 334 g/mol. The second-order valence-electron chi connectivity index (χ2n) is 5.47. The van der Waals surface area contributed by atoms with E-state index in [1.807, 2.05) is 19.1 Å². The van der Waals surface area contributed by atoms with E-state index in [1.165, 1.54) is 11.8 Å². The van der Waals surface area contributed by atoms with E-state index >= 15 is 0 Å². The first-order valence-corrected chi connectivity index (χ1v) is 9.97. The van der Waals surface area contributed by atoms with Crippen LogP contribution in [0.2, 0.25) is 0 Å². The van der Waals surface area contributed by atoms with Crippen molar-refractivity contribution in [2.45, 2.75) is 12.2 Å². The molecule has 2 aliphatic heterocycles. The molecule has 6 nitrogen and oxygen atoms in total. The first-order valence-electron chi connectivity index (χ1n) is 7.27. The molecule has 1 aromatic carbocycles. The summed E-state index contributed by atoms with van der Waals surface area (Å²) in [4.78, 5) is 16.8. The molecule has 0 fully saturated rings. The Labute approximate surface area is 139 Å². The quantitative estimate of drug-likeness (QED) is 0.802. The molecular formula is C15H17N3O3S2. The molecule has 3 rings (SSSR count). The Morgan fingerprint density at radius 3 is 2.74 bits per heavy atom. The number of nitrogens with one attached hydrogen (secondary N) is 1. The lowest BCUT2D eigenvalue weighted by atomic mass is 10.0. The van der Waals surface area contributed by atoms with Crippen LogP contribution in [0, 0.1) is 6.92 Å². The Balaban J connectivity index is 1.82. The molecule has 1 N–H and O–H groups in total. The predicted molar refractivity (Wildman–Crippen MR) is 93.3 cm³/mol. The molecule has 1 aromatic rings. The molecule has 1 atom stereocenters. The molecule has 2 aliphatic rings. The SMILES string of the molecule is Cc1ccc(C(=O)C2=NNCC2S(=O)(=O)CC2=NCCS2)cc1. The van der Waals surface area contributed by atoms with Crippen molar-refractivity contribution in [1.29, 1.82) is 0 Å². The van der Waals surface area contributed by atoms with E-state index in [1.54, 1.807) is 12.1 Å². The van der Waals surface area contributed by atoms with E-state index in [0.29, 0.717) is 17.2 Å². The molecule has 0 amide bonds. The van der Waals surface area contributed by atoms with Crippen molar-refractivity contribution >= 4 is 38.1 Å². The maximum atomic E-state index is 12.6. The largest absolute Gasteiger partial charge is 0.308 e. The Morgan fingerprint density at radius 2 is 2.09 bits per heavy atom. The number of Topliss-reactive ketones (excluding diaryl/α,β-unsaturated/α-hetero) is 1. The Kier molecular flexibility index (Phi) is 4.54. The minimum absolute atomic E-state index is 0.0671. The first kappa shape index (κ1) is 16.2. The van der Waals surface area contributed by atoms with E-state index in [4.69, 9.17) is 0 Å². The zero-order valence-corrected chi connectivity index (χ0v) is 14.3. The molecule has 0 aliphatic carbocycles. The summed E-state index contributed by atoms with van der Waals surface area (Å²) >= 11 is 1.46. The first-order chi connectivity index (χ1) is 11.0. The Hall–Kier alpha value is -1.67. The summed E-state index contributed by atoms with van der Waals surface area (Å²) in [5, 5.41) is 3.66. The number of aliphatic imine (C=N–C) groups is 1. The standard InChI is InChI=1S/C15H17N3O3S2/c1-10-2-4-11(5-3-10)15(19)14-12(8-17-18-14)23(20,21)9-13-16-6-7-22-13/h2-5,12,17H,6-9H2,1H3. The molecule has 0 aromatic heterocycles. The van der Waals surface area contributed by atoms with E-state index in [9.17, 15) is 13.2 Å². The van der Waals surface area contributed by atoms with Gasteiger partial charge in [0.2, 0.25) is 5.78 Å². The summed E-state index contributed by atoms with van der Waals surface area (Å²) in [5.74, 6) is 0.353. The average Bonchev–Trinajstić information content (AvgIpc) is 3.18. The summed E-state index contributed by atoms with van der Waals surface area (Å²) in [6.07, 6.45) is 0. The van der Waals surface area contributed by atoms with Crippen LogP contribution in [0.5, 0.6) is 0 Å². The highest BCUT2D eigenvalue weighted by molar-refractivity contribution is 8.15. The van der Waals surface area contributed by atoms with E-state index in [-0.39, 0.29) is 23.8 Å². The summed E-state index contributed by atoms with van der Waals surface area (Å²) < 4.78 is 25.2. The molecule has 1 unspecified atom stereocenters. The number of ketones is 1. The highest BCUT2D eigenvalue weighted by atomic mass is 32.2. The number of sulfone groups is 1. The van der Waals surface area contributed by atoms with E-state index in [2.05, 4.69) is 15.5 Å². The number of carbonyl (C=O) groups is 1. The van der Waals surface area contributed by atoms with Gasteiger partial charge in [0.25, 0.3) is 0 Å². The van der Waals surface area contributed by atoms with Crippen molar-refractivity contribution < 1.29 is 13.2 Å². The zero-order valence-electron chi connectivity index (χ0n) is 12.7. The normalized spacial score (nSPS) is 20.8. The van der Waals surface area contributed by atoms with Gasteiger partial charge in [-0.25, -0.2) is 8.42 Å². The van der Waals surface area contributed by atoms with Gasteiger partial charge in [0.15, 0.2) is 9.84 Å². The van der Waals surface area contributed by atoms with Gasteiger partial charge in [0.1, 0.15) is 11.0 Å². The van der Waals surface area contributed by atoms with Crippen LogP contribution >= 0.6 is 11.8 Å². The van der Waals surface area contributed by atoms with Gasteiger partial charge < -0.3 is 5.43 Å². The maximum Gasteiger partial charge on any atom is 0.210 e. The van der Waals surface area contributed by atoms with Gasteiger partial charge in [0.05, 0.1) is 17.3 Å². The monoisotopic (exact) mass is 351 g/mol. The maximum absolute atomic E-state index is 12.6. The fourth-order valence-corrected chi connectivity index (χ4v) is 5.36. The molecule has 0 saturated heterocycles. The van der Waals surface area contributed by atoms with Crippen LogP contribution in [0.3, 0.4) is 0 Å². The van der Waals surface area contributed by atoms with Crippen molar-refractivity contribution in [1.82, 2.24) is 5.43 Å². The number of hydrogen-bond acceptors (Lipinski definition) is 7. The average molecular weight is 351 g/mol. The van der Waals surface area contributed by atoms with Crippen molar-refractivity contribution in [3.05, 3.63) is 35.4 Å². The molecule has 122 valence electrons. The number of carbonyl (C=O) groups excluding carboxylic acids is 1. The highest BCUT2D eigenvalue weighted by Crippen LogP contribution is 2.19. The number of hydrazone groups is 1. The third-order valence-corrected chi connectivity index (χ3v) is 6.84. The van der Waals surface area contributed by atoms with Gasteiger partial charge in [-0.05, 0) is 6.92 Å². The van der Waals surface area contributed by atoms with Gasteiger partial charge in [-0.3, -0.25) is 9.79 Å². The highest BCUT2D eigenvalue weighted by Gasteiger charge is 2.38. The number of aryl methyl sites for hydroxylation is 1. The molecule has 0 bridgehead atoms. The van der Waals surface area contributed by atoms with Crippen molar-refractivity contribution in [3.8, 4) is 0 Å². The van der Waals surface area contributed by atoms with E-state index in [0.717, 1.165) is 11.3 Å². The number of nitrogens with zero attached hydrogens (tertiary/aromatic N) is 2. The fourth-order valence-electron chi connectivity index (χ4n) is 2.47. The summed E-state index contributed by atoms with van der Waals surface area (Å²) in [5.41, 5.74) is 4.21. The number of rotatable bonds is 5. The predicted octanol–water partition coefficient (Wildman–Crippen LogP) is 1.07. The van der Waals surface area contributed by atoms with Gasteiger partial charge in [-0.1, -0.05) is 29.8 Å². The second-order valence-corrected chi connectivity index (χ2v) is 8.83. The molecule has 23 heavy (non-hydrogen) atoms. The van der Waals surface area contributed by atoms with Crippen molar-refractivity contribution in [2.75, 3.05) is 24.6 Å². The van der Waals surface area contributed by atoms with Gasteiger partial charge in [0, 0.05) is 17.9 Å². The fraction of sp³-hybridized carbons (Fsp3) is 0.400. The van der Waals surface area contributed by atoms with Crippen LogP contribution in [0.25, 0.3) is 0 Å². The van der Waals surface area contributed by atoms with Crippen LogP contribution in [-0.4, -0.2) is 54.8 Å². The topological polar surface area (TPSA) is 88.0 Å². The molecule has 0 spiro atoms. The van der Waals surface area contributed by atoms with Gasteiger partial charge >= 0.3 is 0 Å². The zero-order chi connectivity index (χ0) is 16.4. The Bertz CT molecular complexity index is 783. The van der Waals surface area contributed by atoms with Gasteiger partial charge in [-0.15, -0.1) is 11.8 Å². The number of benzene rings is 1. The lowest BCUT2D eigenvalue weighted by Crippen LogP contribution is -2.38. The van der Waals surface area contributed by atoms with Crippen molar-refractivity contribution in [3.63, 3.8) is 0 Å². The Morgan fingerprint density at radius 1 is 1.35 bits per heavy atom. The smallest absolute Gasteiger partial charge is 0.210 e. The molecule has 0 saturated carbocycles. The molecule has 8 heteroatoms. The van der Waals surface area contributed by atoms with Crippen LogP contribution in [0.15, 0.2) is 34.4 Å². The summed E-state index contributed by atoms with van der Waals surface area (Å²) in [6, 6.07) is 7.03. The van der Waals surface area contributed by atoms with Crippen LogP contribution in [0.1, 0.15) is 15.9 Å². The molecule has 0 radical (unpaired) electrons. The van der Waals surface area contributed by atoms with Gasteiger partial charge in [-0.2, -0.15) is 5.10 Å². The van der Waals surface area contributed by atoms with Crippen LogP contribution < -0.4 is 5.43 Å².